The number of amides is 1. The summed E-state index contributed by atoms with van der Waals surface area (Å²) in [6.45, 7) is 0. The number of benzene rings is 1. The Morgan fingerprint density at radius 1 is 1.04 bits per heavy atom. The molecule has 0 bridgehead atoms. The Bertz CT molecular complexity index is 1000. The zero-order chi connectivity index (χ0) is 17.1. The predicted molar refractivity (Wildman–Crippen MR) is 103 cm³/mol. The molecule has 0 atom stereocenters. The van der Waals surface area contributed by atoms with E-state index in [1.807, 2.05) is 54.6 Å². The molecule has 1 aromatic carbocycles. The Labute approximate surface area is 156 Å². The predicted octanol–water partition coefficient (Wildman–Crippen LogP) is 3.50. The van der Waals surface area contributed by atoms with Gasteiger partial charge in [0.15, 0.2) is 0 Å². The third-order valence-corrected chi connectivity index (χ3v) is 7.46. The molecule has 0 unspecified atom stereocenters. The number of carbonyl (C=O) groups is 1. The average molecular weight is 406 g/mol. The second-order valence-corrected chi connectivity index (χ2v) is 9.31. The second kappa shape index (κ2) is 7.34. The van der Waals surface area contributed by atoms with Crippen molar-refractivity contribution in [2.45, 2.75) is 5.21 Å². The first-order valence-corrected chi connectivity index (χ1v) is 10.8. The fraction of sp³-hybridized carbons (Fsp3) is 0.0526. The van der Waals surface area contributed by atoms with Gasteiger partial charge in [-0.2, -0.15) is 0 Å². The van der Waals surface area contributed by atoms with Gasteiger partial charge in [-0.15, -0.1) is 0 Å². The SMILES string of the molecule is O=C1N=C([As]Cc2ccccn2)S/C1=C\c1ccc2ncccc2c1. The molecular weight excluding hydrogens is 393 g/mol. The van der Waals surface area contributed by atoms with Crippen LogP contribution in [0.25, 0.3) is 17.0 Å². The summed E-state index contributed by atoms with van der Waals surface area (Å²) in [6, 6.07) is 15.8. The summed E-state index contributed by atoms with van der Waals surface area (Å²) in [5.74, 6) is -0.136. The minimum atomic E-state index is -0.180. The Balaban J connectivity index is 1.48. The molecule has 2 aromatic heterocycles. The molecule has 25 heavy (non-hydrogen) atoms. The van der Waals surface area contributed by atoms with Crippen molar-refractivity contribution in [1.29, 1.82) is 0 Å². The number of pyridine rings is 2. The molecule has 3 aromatic rings. The molecule has 1 radical (unpaired) electrons. The number of hydrogen-bond donors (Lipinski definition) is 0. The summed E-state index contributed by atoms with van der Waals surface area (Å²) in [5, 5.41) is 1.95. The fourth-order valence-electron chi connectivity index (χ4n) is 2.44. The molecule has 0 N–H and O–H groups in total. The number of rotatable bonds is 4. The Morgan fingerprint density at radius 3 is 2.84 bits per heavy atom. The number of carbonyl (C=O) groups excluding carboxylic acids is 1. The zero-order valence-electron chi connectivity index (χ0n) is 13.2. The van der Waals surface area contributed by atoms with Crippen LogP contribution in [-0.2, 0) is 10.0 Å². The van der Waals surface area contributed by atoms with Gasteiger partial charge >= 0.3 is 156 Å². The summed E-state index contributed by atoms with van der Waals surface area (Å²) < 4.78 is 0.945. The van der Waals surface area contributed by atoms with Gasteiger partial charge in [-0.25, -0.2) is 0 Å². The molecule has 1 aliphatic rings. The molecule has 0 fully saturated rings. The first kappa shape index (κ1) is 16.2. The van der Waals surface area contributed by atoms with Crippen LogP contribution in [0.2, 0.25) is 0 Å². The molecule has 0 aliphatic carbocycles. The van der Waals surface area contributed by atoms with Crippen molar-refractivity contribution in [2.24, 2.45) is 4.99 Å². The van der Waals surface area contributed by atoms with Gasteiger partial charge in [0.1, 0.15) is 0 Å². The van der Waals surface area contributed by atoms with Crippen molar-refractivity contribution in [3.63, 3.8) is 0 Å². The number of hydrogen-bond acceptors (Lipinski definition) is 4. The van der Waals surface area contributed by atoms with E-state index >= 15 is 0 Å². The molecule has 0 spiro atoms. The zero-order valence-corrected chi connectivity index (χ0v) is 15.9. The van der Waals surface area contributed by atoms with Gasteiger partial charge in [-0.1, -0.05) is 0 Å². The van der Waals surface area contributed by atoms with Crippen LogP contribution >= 0.6 is 11.8 Å². The Kier molecular flexibility index (Phi) is 4.77. The van der Waals surface area contributed by atoms with Gasteiger partial charge in [-0.05, 0) is 0 Å². The quantitative estimate of drug-likeness (QED) is 0.492. The Morgan fingerprint density at radius 2 is 1.96 bits per heavy atom. The van der Waals surface area contributed by atoms with E-state index in [2.05, 4.69) is 15.0 Å². The molecule has 121 valence electrons. The fourth-order valence-corrected chi connectivity index (χ4v) is 5.87. The summed E-state index contributed by atoms with van der Waals surface area (Å²) in [5.41, 5.74) is 3.00. The van der Waals surface area contributed by atoms with Crippen LogP contribution in [0.4, 0.5) is 0 Å². The van der Waals surface area contributed by atoms with Crippen molar-refractivity contribution >= 4 is 54.2 Å². The normalized spacial score (nSPS) is 16.2. The topological polar surface area (TPSA) is 55.2 Å². The van der Waals surface area contributed by atoms with Gasteiger partial charge < -0.3 is 0 Å². The van der Waals surface area contributed by atoms with Gasteiger partial charge in [0, 0.05) is 0 Å². The minimum absolute atomic E-state index is 0.136. The third-order valence-electron chi connectivity index (χ3n) is 3.64. The van der Waals surface area contributed by atoms with E-state index < -0.39 is 0 Å². The van der Waals surface area contributed by atoms with Gasteiger partial charge in [0.25, 0.3) is 0 Å². The van der Waals surface area contributed by atoms with Crippen molar-refractivity contribution in [2.75, 3.05) is 0 Å². The Hall–Kier alpha value is -2.23. The van der Waals surface area contributed by atoms with Crippen LogP contribution in [0, 0.1) is 0 Å². The number of nitrogens with zero attached hydrogens (tertiary/aromatic N) is 3. The third kappa shape index (κ3) is 3.89. The average Bonchev–Trinajstić information content (AvgIpc) is 3.00. The first-order valence-electron chi connectivity index (χ1n) is 7.73. The van der Waals surface area contributed by atoms with Crippen molar-refractivity contribution in [3.05, 3.63) is 77.1 Å². The van der Waals surface area contributed by atoms with Crippen LogP contribution in [0.5, 0.6) is 0 Å². The molecule has 3 heterocycles. The van der Waals surface area contributed by atoms with Gasteiger partial charge in [-0.3, -0.25) is 0 Å². The molecule has 4 nitrogen and oxygen atoms in total. The maximum atomic E-state index is 12.2. The summed E-state index contributed by atoms with van der Waals surface area (Å²) in [6.07, 6.45) is 5.49. The molecular formula is C19H13AsN3OS. The monoisotopic (exact) mass is 406 g/mol. The second-order valence-electron chi connectivity index (χ2n) is 5.40. The van der Waals surface area contributed by atoms with Crippen molar-refractivity contribution in [3.8, 4) is 0 Å². The molecule has 1 amide bonds. The molecule has 0 saturated carbocycles. The van der Waals surface area contributed by atoms with Crippen molar-refractivity contribution in [1.82, 2.24) is 9.97 Å². The number of aliphatic imine (C=N–C) groups is 1. The van der Waals surface area contributed by atoms with E-state index in [0.29, 0.717) is 4.91 Å². The summed E-state index contributed by atoms with van der Waals surface area (Å²) >= 11 is 1.32. The van der Waals surface area contributed by atoms with Crippen LogP contribution < -0.4 is 0 Å². The van der Waals surface area contributed by atoms with Crippen LogP contribution in [0.3, 0.4) is 0 Å². The molecule has 0 saturated heterocycles. The maximum absolute atomic E-state index is 12.2. The standard InChI is InChI=1S/C19H13AsN3OS/c24-18-17(11-13-6-7-16-14(10-13)4-3-9-22-16)25-19(23-18)20-12-15-5-1-2-8-21-15/h1-11H,12H2/b17-11-. The number of fused-ring (bicyclic) bond motifs is 1. The number of aromatic nitrogens is 2. The van der Waals surface area contributed by atoms with Gasteiger partial charge in [0.05, 0.1) is 0 Å². The van der Waals surface area contributed by atoms with E-state index in [1.165, 1.54) is 11.8 Å². The van der Waals surface area contributed by atoms with E-state index in [0.717, 1.165) is 31.2 Å². The van der Waals surface area contributed by atoms with Crippen LogP contribution in [0.15, 0.2) is 70.8 Å². The van der Waals surface area contributed by atoms with Crippen LogP contribution in [-0.4, -0.2) is 35.5 Å². The van der Waals surface area contributed by atoms with E-state index in [-0.39, 0.29) is 21.7 Å². The number of thioether (sulfide) groups is 1. The van der Waals surface area contributed by atoms with E-state index in [9.17, 15) is 4.79 Å². The van der Waals surface area contributed by atoms with E-state index in [4.69, 9.17) is 0 Å². The summed E-state index contributed by atoms with van der Waals surface area (Å²) in [7, 11) is 0. The van der Waals surface area contributed by atoms with Gasteiger partial charge in [0.2, 0.25) is 0 Å². The molecule has 6 heteroatoms. The van der Waals surface area contributed by atoms with E-state index in [1.54, 1.807) is 12.4 Å². The van der Waals surface area contributed by atoms with Crippen molar-refractivity contribution < 1.29 is 4.79 Å². The molecule has 1 aliphatic heterocycles. The first-order chi connectivity index (χ1) is 12.3. The summed E-state index contributed by atoms with van der Waals surface area (Å²) in [4.78, 5) is 25.7. The molecule has 4 rings (SSSR count). The van der Waals surface area contributed by atoms with Crippen LogP contribution in [0.1, 0.15) is 11.3 Å².